The van der Waals surface area contributed by atoms with Gasteiger partial charge in [0.2, 0.25) is 0 Å². The number of benzene rings is 1. The molecule has 222 valence electrons. The first kappa shape index (κ1) is 28.8. The van der Waals surface area contributed by atoms with E-state index in [0.717, 1.165) is 59.9 Å². The number of ether oxygens (including phenoxy) is 1. The van der Waals surface area contributed by atoms with Crippen molar-refractivity contribution in [3.8, 4) is 0 Å². The molecule has 0 spiro atoms. The zero-order chi connectivity index (χ0) is 29.1. The molecule has 1 fully saturated rings. The van der Waals surface area contributed by atoms with Crippen molar-refractivity contribution in [3.05, 3.63) is 71.8 Å². The van der Waals surface area contributed by atoms with Crippen molar-refractivity contribution in [1.82, 2.24) is 24.3 Å². The number of aromatic nitrogens is 3. The van der Waals surface area contributed by atoms with Gasteiger partial charge in [-0.15, -0.1) is 0 Å². The second-order valence-electron chi connectivity index (χ2n) is 13.0. The molecule has 1 aliphatic carbocycles. The van der Waals surface area contributed by atoms with Crippen LogP contribution in [0.3, 0.4) is 0 Å². The normalized spacial score (nSPS) is 18.0. The Morgan fingerprint density at radius 1 is 0.976 bits per heavy atom. The minimum Gasteiger partial charge on any atom is -0.459 e. The molecule has 0 amide bonds. The van der Waals surface area contributed by atoms with E-state index in [1.807, 2.05) is 39.2 Å². The third-order valence-electron chi connectivity index (χ3n) is 8.79. The molecule has 0 radical (unpaired) electrons. The first-order valence-electron chi connectivity index (χ1n) is 15.8. The Balaban J connectivity index is 1.36. The molecule has 2 aliphatic rings. The van der Waals surface area contributed by atoms with Crippen molar-refractivity contribution >= 4 is 27.8 Å². The lowest BCUT2D eigenvalue weighted by Gasteiger charge is -2.36. The maximum atomic E-state index is 13.1. The number of likely N-dealkylation sites (tertiary alicyclic amines) is 1. The SMILES string of the molecule is CC(C)(C)OC(=O)Cn1c2ccccc2c2ccnc(CN(CCCN3CCCCC3)[C@H]3CCCc4cccnc43)c21. The predicted molar refractivity (Wildman–Crippen MR) is 168 cm³/mol. The Kier molecular flexibility index (Phi) is 8.59. The third kappa shape index (κ3) is 6.37. The van der Waals surface area contributed by atoms with Crippen molar-refractivity contribution in [1.29, 1.82) is 0 Å². The zero-order valence-corrected chi connectivity index (χ0v) is 25.5. The molecular formula is C35H45N5O2. The highest BCUT2D eigenvalue weighted by Gasteiger charge is 2.29. The average molecular weight is 568 g/mol. The molecule has 0 unspecified atom stereocenters. The van der Waals surface area contributed by atoms with E-state index in [-0.39, 0.29) is 18.6 Å². The van der Waals surface area contributed by atoms with Crippen LogP contribution in [0.1, 0.15) is 82.3 Å². The maximum absolute atomic E-state index is 13.1. The summed E-state index contributed by atoms with van der Waals surface area (Å²) in [5.74, 6) is -0.233. The van der Waals surface area contributed by atoms with Crippen LogP contribution in [0.2, 0.25) is 0 Å². The fourth-order valence-electron chi connectivity index (χ4n) is 7.01. The number of carbonyl (C=O) groups is 1. The minimum atomic E-state index is -0.538. The van der Waals surface area contributed by atoms with Gasteiger partial charge in [-0.05, 0) is 103 Å². The number of para-hydroxylation sites is 1. The number of pyridine rings is 2. The largest absolute Gasteiger partial charge is 0.459 e. The quantitative estimate of drug-likeness (QED) is 0.210. The van der Waals surface area contributed by atoms with Crippen molar-refractivity contribution in [2.45, 2.75) is 90.4 Å². The van der Waals surface area contributed by atoms with E-state index in [1.54, 1.807) is 0 Å². The lowest BCUT2D eigenvalue weighted by Crippen LogP contribution is -2.36. The fourth-order valence-corrected chi connectivity index (χ4v) is 7.01. The van der Waals surface area contributed by atoms with Gasteiger partial charge >= 0.3 is 5.97 Å². The molecule has 0 saturated carbocycles. The Bertz CT molecular complexity index is 1530. The third-order valence-corrected chi connectivity index (χ3v) is 8.79. The van der Waals surface area contributed by atoms with Crippen LogP contribution < -0.4 is 0 Å². The lowest BCUT2D eigenvalue weighted by atomic mass is 9.90. The van der Waals surface area contributed by atoms with Crippen LogP contribution >= 0.6 is 0 Å². The molecule has 7 heteroatoms. The summed E-state index contributed by atoms with van der Waals surface area (Å²) < 4.78 is 7.90. The van der Waals surface area contributed by atoms with Crippen molar-refractivity contribution in [2.75, 3.05) is 26.2 Å². The molecular weight excluding hydrogens is 522 g/mol. The summed E-state index contributed by atoms with van der Waals surface area (Å²) in [6, 6.07) is 15.0. The monoisotopic (exact) mass is 567 g/mol. The van der Waals surface area contributed by atoms with Gasteiger partial charge in [-0.25, -0.2) is 0 Å². The molecule has 1 saturated heterocycles. The van der Waals surface area contributed by atoms with Crippen LogP contribution in [-0.2, 0) is 29.0 Å². The maximum Gasteiger partial charge on any atom is 0.326 e. The Hall–Kier alpha value is -3.29. The minimum absolute atomic E-state index is 0.156. The molecule has 1 atom stereocenters. The van der Waals surface area contributed by atoms with E-state index in [4.69, 9.17) is 14.7 Å². The van der Waals surface area contributed by atoms with Gasteiger partial charge in [0.1, 0.15) is 12.1 Å². The number of esters is 1. The van der Waals surface area contributed by atoms with Gasteiger partial charge in [0.25, 0.3) is 0 Å². The van der Waals surface area contributed by atoms with E-state index in [1.165, 1.54) is 50.0 Å². The molecule has 4 aromatic rings. The molecule has 7 nitrogen and oxygen atoms in total. The van der Waals surface area contributed by atoms with E-state index in [9.17, 15) is 4.79 Å². The van der Waals surface area contributed by atoms with Crippen LogP contribution in [0.5, 0.6) is 0 Å². The molecule has 1 aromatic carbocycles. The van der Waals surface area contributed by atoms with Gasteiger partial charge < -0.3 is 14.2 Å². The second kappa shape index (κ2) is 12.5. The number of aryl methyl sites for hydroxylation is 1. The van der Waals surface area contributed by atoms with Crippen LogP contribution in [0.15, 0.2) is 54.9 Å². The highest BCUT2D eigenvalue weighted by atomic mass is 16.6. The fraction of sp³-hybridized carbons (Fsp3) is 0.514. The van der Waals surface area contributed by atoms with Crippen LogP contribution in [0.25, 0.3) is 21.8 Å². The first-order chi connectivity index (χ1) is 20.4. The van der Waals surface area contributed by atoms with Crippen LogP contribution in [-0.4, -0.2) is 62.1 Å². The lowest BCUT2D eigenvalue weighted by molar-refractivity contribution is -0.155. The summed E-state index contributed by atoms with van der Waals surface area (Å²) in [4.78, 5) is 28.3. The smallest absolute Gasteiger partial charge is 0.326 e. The number of hydrogen-bond acceptors (Lipinski definition) is 6. The molecule has 0 bridgehead atoms. The van der Waals surface area contributed by atoms with Gasteiger partial charge in [0.15, 0.2) is 0 Å². The predicted octanol–water partition coefficient (Wildman–Crippen LogP) is 6.68. The van der Waals surface area contributed by atoms with E-state index in [0.29, 0.717) is 6.54 Å². The summed E-state index contributed by atoms with van der Waals surface area (Å²) in [7, 11) is 0. The molecule has 6 rings (SSSR count). The van der Waals surface area contributed by atoms with E-state index < -0.39 is 5.60 Å². The van der Waals surface area contributed by atoms with E-state index in [2.05, 4.69) is 50.8 Å². The number of fused-ring (bicyclic) bond motifs is 4. The molecule has 3 aromatic heterocycles. The van der Waals surface area contributed by atoms with Gasteiger partial charge in [0, 0.05) is 41.8 Å². The van der Waals surface area contributed by atoms with E-state index >= 15 is 0 Å². The summed E-state index contributed by atoms with van der Waals surface area (Å²) in [6.07, 6.45) is 12.4. The van der Waals surface area contributed by atoms with Gasteiger partial charge in [-0.2, -0.15) is 0 Å². The van der Waals surface area contributed by atoms with Crippen molar-refractivity contribution in [3.63, 3.8) is 0 Å². The Labute approximate surface area is 249 Å². The topological polar surface area (TPSA) is 63.5 Å². The average Bonchev–Trinajstić information content (AvgIpc) is 3.30. The zero-order valence-electron chi connectivity index (χ0n) is 25.5. The summed E-state index contributed by atoms with van der Waals surface area (Å²) in [5, 5.41) is 2.27. The Morgan fingerprint density at radius 3 is 2.64 bits per heavy atom. The molecule has 1 aliphatic heterocycles. The first-order valence-corrected chi connectivity index (χ1v) is 15.8. The van der Waals surface area contributed by atoms with Gasteiger partial charge in [-0.1, -0.05) is 30.7 Å². The van der Waals surface area contributed by atoms with Crippen LogP contribution in [0, 0.1) is 0 Å². The number of hydrogen-bond donors (Lipinski definition) is 0. The second-order valence-corrected chi connectivity index (χ2v) is 13.0. The summed E-state index contributed by atoms with van der Waals surface area (Å²) in [5.41, 5.74) is 5.14. The van der Waals surface area contributed by atoms with Gasteiger partial charge in [0.05, 0.1) is 22.9 Å². The van der Waals surface area contributed by atoms with Crippen molar-refractivity contribution < 1.29 is 9.53 Å². The summed E-state index contributed by atoms with van der Waals surface area (Å²) >= 11 is 0. The highest BCUT2D eigenvalue weighted by molar-refractivity contribution is 6.09. The molecule has 4 heterocycles. The van der Waals surface area contributed by atoms with Crippen LogP contribution in [0.4, 0.5) is 0 Å². The van der Waals surface area contributed by atoms with Gasteiger partial charge in [-0.3, -0.25) is 19.7 Å². The number of nitrogens with zero attached hydrogens (tertiary/aromatic N) is 5. The number of carbonyl (C=O) groups excluding carboxylic acids is 1. The number of rotatable bonds is 9. The standard InChI is InChI=1S/C35H45N5O2/c1-35(2,3)42-32(41)25-40-30-15-6-5-14-27(30)28-17-19-36-29(34(28)40)24-39(23-11-22-38-20-7-4-8-21-38)31-16-9-12-26-13-10-18-37-33(26)31/h5-6,10,13-15,17-19,31H,4,7-9,11-12,16,20-25H2,1-3H3/t31-/m0/s1. The Morgan fingerprint density at radius 2 is 1.81 bits per heavy atom. The molecule has 42 heavy (non-hydrogen) atoms. The number of piperidine rings is 1. The van der Waals surface area contributed by atoms with Crippen molar-refractivity contribution in [2.24, 2.45) is 0 Å². The highest BCUT2D eigenvalue weighted by Crippen LogP contribution is 2.36. The summed E-state index contributed by atoms with van der Waals surface area (Å²) in [6.45, 7) is 11.2. The molecule has 0 N–H and O–H groups in total.